The van der Waals surface area contributed by atoms with Crippen LogP contribution in [0.5, 0.6) is 0 Å². The molecule has 0 saturated heterocycles. The van der Waals surface area contributed by atoms with Gasteiger partial charge in [-0.3, -0.25) is 0 Å². The number of rotatable bonds is 2. The fourth-order valence-corrected chi connectivity index (χ4v) is 1.31. The lowest BCUT2D eigenvalue weighted by molar-refractivity contribution is 0.585. The van der Waals surface area contributed by atoms with Crippen LogP contribution < -0.4 is 5.73 Å². The van der Waals surface area contributed by atoms with E-state index >= 15 is 0 Å². The molecule has 3 nitrogen and oxygen atoms in total. The van der Waals surface area contributed by atoms with Crippen LogP contribution in [0.2, 0.25) is 0 Å². The third-order valence-electron chi connectivity index (χ3n) is 2.14. The Morgan fingerprint density at radius 2 is 1.88 bits per heavy atom. The van der Waals surface area contributed by atoms with E-state index < -0.39 is 11.6 Å². The predicted molar refractivity (Wildman–Crippen MR) is 55.3 cm³/mol. The maximum Gasteiger partial charge on any atom is 0.135 e. The topological polar surface area (TPSA) is 51.8 Å². The summed E-state index contributed by atoms with van der Waals surface area (Å²) in [7, 11) is 0. The molecule has 0 aliphatic heterocycles. The molecule has 0 atom stereocenters. The van der Waals surface area contributed by atoms with Gasteiger partial charge in [0, 0.05) is 18.2 Å². The van der Waals surface area contributed by atoms with Crippen LogP contribution in [-0.4, -0.2) is 10.2 Å². The van der Waals surface area contributed by atoms with E-state index in [1.165, 1.54) is 12.1 Å². The molecule has 0 spiro atoms. The maximum absolute atomic E-state index is 13.4. The number of benzene rings is 1. The fourth-order valence-electron chi connectivity index (χ4n) is 1.31. The lowest BCUT2D eigenvalue weighted by atomic mass is 10.1. The van der Waals surface area contributed by atoms with Gasteiger partial charge in [0.2, 0.25) is 0 Å². The molecule has 82 valence electrons. The average molecular weight is 221 g/mol. The lowest BCUT2D eigenvalue weighted by Gasteiger charge is -2.02. The SMILES string of the molecule is NCc1ccc(-c2ccc(F)cc2F)nn1. The molecule has 2 N–H and O–H groups in total. The van der Waals surface area contributed by atoms with E-state index in [-0.39, 0.29) is 12.1 Å². The highest BCUT2D eigenvalue weighted by atomic mass is 19.1. The van der Waals surface area contributed by atoms with Crippen molar-refractivity contribution in [2.45, 2.75) is 6.54 Å². The molecule has 0 aliphatic carbocycles. The summed E-state index contributed by atoms with van der Waals surface area (Å²) in [5, 5.41) is 7.62. The number of halogens is 2. The van der Waals surface area contributed by atoms with E-state index in [2.05, 4.69) is 10.2 Å². The van der Waals surface area contributed by atoms with Gasteiger partial charge in [0.1, 0.15) is 11.6 Å². The van der Waals surface area contributed by atoms with Gasteiger partial charge in [-0.05, 0) is 24.3 Å². The number of aromatic nitrogens is 2. The first-order valence-corrected chi connectivity index (χ1v) is 4.69. The van der Waals surface area contributed by atoms with Gasteiger partial charge in [-0.25, -0.2) is 8.78 Å². The summed E-state index contributed by atoms with van der Waals surface area (Å²) in [6.07, 6.45) is 0. The standard InChI is InChI=1S/C11H9F2N3/c12-7-1-3-9(10(13)5-7)11-4-2-8(6-14)15-16-11/h1-5H,6,14H2. The average Bonchev–Trinajstić information content (AvgIpc) is 2.29. The van der Waals surface area contributed by atoms with Gasteiger partial charge in [-0.15, -0.1) is 0 Å². The second-order valence-electron chi connectivity index (χ2n) is 3.24. The molecule has 0 amide bonds. The Morgan fingerprint density at radius 3 is 2.44 bits per heavy atom. The van der Waals surface area contributed by atoms with Crippen LogP contribution >= 0.6 is 0 Å². The minimum Gasteiger partial charge on any atom is -0.325 e. The zero-order valence-corrected chi connectivity index (χ0v) is 8.32. The predicted octanol–water partition coefficient (Wildman–Crippen LogP) is 1.88. The van der Waals surface area contributed by atoms with Gasteiger partial charge in [0.25, 0.3) is 0 Å². The Hall–Kier alpha value is -1.88. The molecule has 1 aromatic carbocycles. The van der Waals surface area contributed by atoms with E-state index in [4.69, 9.17) is 5.73 Å². The first kappa shape index (κ1) is 10.6. The van der Waals surface area contributed by atoms with Crippen LogP contribution in [0.1, 0.15) is 5.69 Å². The van der Waals surface area contributed by atoms with Gasteiger partial charge < -0.3 is 5.73 Å². The molecule has 0 bridgehead atoms. The Kier molecular flexibility index (Phi) is 2.87. The van der Waals surface area contributed by atoms with Crippen LogP contribution in [0.15, 0.2) is 30.3 Å². The molecule has 16 heavy (non-hydrogen) atoms. The van der Waals surface area contributed by atoms with Crippen molar-refractivity contribution in [3.05, 3.63) is 47.7 Å². The van der Waals surface area contributed by atoms with Crippen LogP contribution in [-0.2, 0) is 6.54 Å². The molecule has 0 aliphatic rings. The molecule has 0 radical (unpaired) electrons. The summed E-state index contributed by atoms with van der Waals surface area (Å²) < 4.78 is 26.1. The minimum absolute atomic E-state index is 0.220. The van der Waals surface area contributed by atoms with E-state index in [1.54, 1.807) is 12.1 Å². The second-order valence-corrected chi connectivity index (χ2v) is 3.24. The molecule has 0 unspecified atom stereocenters. The third-order valence-corrected chi connectivity index (χ3v) is 2.14. The Morgan fingerprint density at radius 1 is 1.06 bits per heavy atom. The minimum atomic E-state index is -0.658. The zero-order valence-electron chi connectivity index (χ0n) is 8.32. The van der Waals surface area contributed by atoms with E-state index in [0.717, 1.165) is 6.07 Å². The number of hydrogen-bond donors (Lipinski definition) is 1. The Balaban J connectivity index is 2.42. The molecule has 5 heteroatoms. The van der Waals surface area contributed by atoms with Gasteiger partial charge in [-0.1, -0.05) is 0 Å². The van der Waals surface area contributed by atoms with Crippen molar-refractivity contribution in [1.82, 2.24) is 10.2 Å². The molecule has 1 heterocycles. The summed E-state index contributed by atoms with van der Waals surface area (Å²) in [5.41, 5.74) is 6.56. The van der Waals surface area contributed by atoms with Crippen molar-refractivity contribution in [3.63, 3.8) is 0 Å². The smallest absolute Gasteiger partial charge is 0.135 e. The molecular formula is C11H9F2N3. The van der Waals surface area contributed by atoms with Crippen molar-refractivity contribution in [2.75, 3.05) is 0 Å². The summed E-state index contributed by atoms with van der Waals surface area (Å²) in [5.74, 6) is -1.28. The third kappa shape index (κ3) is 2.04. The maximum atomic E-state index is 13.4. The molecular weight excluding hydrogens is 212 g/mol. The van der Waals surface area contributed by atoms with Crippen LogP contribution in [0.25, 0.3) is 11.3 Å². The number of hydrogen-bond acceptors (Lipinski definition) is 3. The van der Waals surface area contributed by atoms with Crippen molar-refractivity contribution >= 4 is 0 Å². The Labute approximate surface area is 90.9 Å². The fraction of sp³-hybridized carbons (Fsp3) is 0.0909. The van der Waals surface area contributed by atoms with Crippen molar-refractivity contribution in [2.24, 2.45) is 5.73 Å². The number of nitrogens with zero attached hydrogens (tertiary/aromatic N) is 2. The van der Waals surface area contributed by atoms with Crippen LogP contribution in [0, 0.1) is 11.6 Å². The van der Waals surface area contributed by atoms with E-state index in [9.17, 15) is 8.78 Å². The van der Waals surface area contributed by atoms with E-state index in [0.29, 0.717) is 11.4 Å². The first-order valence-electron chi connectivity index (χ1n) is 4.69. The largest absolute Gasteiger partial charge is 0.325 e. The summed E-state index contributed by atoms with van der Waals surface area (Å²) >= 11 is 0. The quantitative estimate of drug-likeness (QED) is 0.842. The van der Waals surface area contributed by atoms with Gasteiger partial charge in [-0.2, -0.15) is 10.2 Å². The highest BCUT2D eigenvalue weighted by Gasteiger charge is 2.07. The second kappa shape index (κ2) is 4.32. The molecule has 1 aromatic heterocycles. The monoisotopic (exact) mass is 221 g/mol. The van der Waals surface area contributed by atoms with Gasteiger partial charge >= 0.3 is 0 Å². The van der Waals surface area contributed by atoms with Crippen molar-refractivity contribution in [3.8, 4) is 11.3 Å². The van der Waals surface area contributed by atoms with Gasteiger partial charge in [0.15, 0.2) is 0 Å². The highest BCUT2D eigenvalue weighted by molar-refractivity contribution is 5.59. The van der Waals surface area contributed by atoms with E-state index in [1.807, 2.05) is 0 Å². The molecule has 2 rings (SSSR count). The van der Waals surface area contributed by atoms with Crippen molar-refractivity contribution in [1.29, 1.82) is 0 Å². The Bertz CT molecular complexity index is 497. The highest BCUT2D eigenvalue weighted by Crippen LogP contribution is 2.20. The first-order chi connectivity index (χ1) is 7.70. The molecule has 0 fully saturated rings. The number of nitrogens with two attached hydrogens (primary N) is 1. The zero-order chi connectivity index (χ0) is 11.5. The van der Waals surface area contributed by atoms with Crippen LogP contribution in [0.3, 0.4) is 0 Å². The summed E-state index contributed by atoms with van der Waals surface area (Å²) in [6.45, 7) is 0.277. The summed E-state index contributed by atoms with van der Waals surface area (Å²) in [6, 6.07) is 6.58. The van der Waals surface area contributed by atoms with Crippen molar-refractivity contribution < 1.29 is 8.78 Å². The molecule has 2 aromatic rings. The lowest BCUT2D eigenvalue weighted by Crippen LogP contribution is -2.01. The van der Waals surface area contributed by atoms with Crippen LogP contribution in [0.4, 0.5) is 8.78 Å². The summed E-state index contributed by atoms with van der Waals surface area (Å²) in [4.78, 5) is 0. The molecule has 0 saturated carbocycles. The van der Waals surface area contributed by atoms with Gasteiger partial charge in [0.05, 0.1) is 11.4 Å². The normalized spacial score (nSPS) is 10.4.